The van der Waals surface area contributed by atoms with Gasteiger partial charge in [0.1, 0.15) is 22.0 Å². The van der Waals surface area contributed by atoms with Gasteiger partial charge in [-0.1, -0.05) is 22.9 Å². The van der Waals surface area contributed by atoms with E-state index in [1.807, 2.05) is 20.8 Å². The van der Waals surface area contributed by atoms with Crippen molar-refractivity contribution in [2.45, 2.75) is 37.7 Å². The van der Waals surface area contributed by atoms with E-state index in [0.717, 1.165) is 5.56 Å². The average Bonchev–Trinajstić information content (AvgIpc) is 2.58. The molecule has 1 heterocycles. The average molecular weight is 375 g/mol. The number of rotatable bonds is 4. The lowest BCUT2D eigenvalue weighted by molar-refractivity contribution is 0.109. The molecule has 0 aliphatic carbocycles. The molecule has 0 atom stereocenters. The highest BCUT2D eigenvalue weighted by Gasteiger charge is 2.32. The number of benzene rings is 2. The normalized spacial score (nSPS) is 17.3. The van der Waals surface area contributed by atoms with E-state index in [4.69, 9.17) is 13.8 Å². The number of ether oxygens (including phenoxy) is 2. The van der Waals surface area contributed by atoms with Crippen LogP contribution in [-0.4, -0.2) is 26.8 Å². The second kappa shape index (κ2) is 6.64. The highest BCUT2D eigenvalue weighted by Crippen LogP contribution is 2.36. The lowest BCUT2D eigenvalue weighted by Gasteiger charge is -2.33. The molecular weight excluding hydrogens is 354 g/mol. The molecular formula is C19H21NO5S. The molecule has 26 heavy (non-hydrogen) atoms. The fraction of sp³-hybridized carbons (Fsp3) is 0.316. The van der Waals surface area contributed by atoms with Crippen LogP contribution in [0.15, 0.2) is 52.5 Å². The van der Waals surface area contributed by atoms with Gasteiger partial charge in [-0.05, 0) is 45.0 Å². The van der Waals surface area contributed by atoms with E-state index in [2.05, 4.69) is 5.16 Å². The van der Waals surface area contributed by atoms with Gasteiger partial charge in [-0.2, -0.15) is 8.42 Å². The predicted molar refractivity (Wildman–Crippen MR) is 98.3 cm³/mol. The Labute approximate surface area is 153 Å². The first-order valence-electron chi connectivity index (χ1n) is 8.15. The summed E-state index contributed by atoms with van der Waals surface area (Å²) in [4.78, 5) is 0.0636. The molecule has 1 aliphatic heterocycles. The molecule has 2 aromatic rings. The van der Waals surface area contributed by atoms with Crippen LogP contribution in [0.5, 0.6) is 11.5 Å². The monoisotopic (exact) mass is 375 g/mol. The lowest BCUT2D eigenvalue weighted by atomic mass is 9.92. The van der Waals surface area contributed by atoms with Crippen LogP contribution in [0, 0.1) is 6.92 Å². The molecule has 1 aliphatic rings. The van der Waals surface area contributed by atoms with Crippen molar-refractivity contribution in [3.05, 3.63) is 53.6 Å². The van der Waals surface area contributed by atoms with Crippen molar-refractivity contribution >= 4 is 15.8 Å². The number of hydrogen-bond donors (Lipinski definition) is 0. The molecule has 0 saturated heterocycles. The van der Waals surface area contributed by atoms with Gasteiger partial charge in [0.2, 0.25) is 0 Å². The second-order valence-electron chi connectivity index (χ2n) is 6.78. The largest absolute Gasteiger partial charge is 0.497 e. The number of nitrogens with zero attached hydrogens (tertiary/aromatic N) is 1. The summed E-state index contributed by atoms with van der Waals surface area (Å²) >= 11 is 0. The highest BCUT2D eigenvalue weighted by atomic mass is 32.2. The number of hydrogen-bond acceptors (Lipinski definition) is 6. The van der Waals surface area contributed by atoms with Crippen molar-refractivity contribution in [1.29, 1.82) is 0 Å². The van der Waals surface area contributed by atoms with Gasteiger partial charge in [0.15, 0.2) is 0 Å². The van der Waals surface area contributed by atoms with Crippen molar-refractivity contribution in [3.63, 3.8) is 0 Å². The van der Waals surface area contributed by atoms with Crippen molar-refractivity contribution in [1.82, 2.24) is 0 Å². The summed E-state index contributed by atoms with van der Waals surface area (Å²) in [5.74, 6) is 1.23. The third-order valence-electron chi connectivity index (χ3n) is 4.03. The minimum atomic E-state index is -3.98. The van der Waals surface area contributed by atoms with E-state index in [0.29, 0.717) is 29.2 Å². The third kappa shape index (κ3) is 3.83. The van der Waals surface area contributed by atoms with Crippen molar-refractivity contribution in [3.8, 4) is 11.5 Å². The first kappa shape index (κ1) is 18.3. The highest BCUT2D eigenvalue weighted by molar-refractivity contribution is 7.86. The maximum Gasteiger partial charge on any atom is 0.358 e. The van der Waals surface area contributed by atoms with Gasteiger partial charge < -0.3 is 9.47 Å². The van der Waals surface area contributed by atoms with Crippen LogP contribution in [0.4, 0.5) is 0 Å². The summed E-state index contributed by atoms with van der Waals surface area (Å²) in [5.41, 5.74) is 1.61. The Balaban J connectivity index is 1.94. The molecule has 0 radical (unpaired) electrons. The van der Waals surface area contributed by atoms with E-state index in [9.17, 15) is 8.42 Å². The van der Waals surface area contributed by atoms with E-state index >= 15 is 0 Å². The van der Waals surface area contributed by atoms with Gasteiger partial charge in [-0.25, -0.2) is 0 Å². The Morgan fingerprint density at radius 3 is 2.46 bits per heavy atom. The molecule has 0 saturated carbocycles. The van der Waals surface area contributed by atoms with Crippen LogP contribution < -0.4 is 9.47 Å². The van der Waals surface area contributed by atoms with Crippen LogP contribution in [0.2, 0.25) is 0 Å². The molecule has 0 N–H and O–H groups in total. The summed E-state index contributed by atoms with van der Waals surface area (Å²) < 4.78 is 40.9. The Bertz CT molecular complexity index is 946. The maximum absolute atomic E-state index is 12.4. The van der Waals surface area contributed by atoms with Gasteiger partial charge in [0.05, 0.1) is 12.8 Å². The topological polar surface area (TPSA) is 74.2 Å². The van der Waals surface area contributed by atoms with Crippen LogP contribution in [0.25, 0.3) is 0 Å². The Kier molecular flexibility index (Phi) is 4.66. The fourth-order valence-electron chi connectivity index (χ4n) is 2.71. The zero-order chi connectivity index (χ0) is 18.9. The van der Waals surface area contributed by atoms with Crippen LogP contribution in [0.3, 0.4) is 0 Å². The quantitative estimate of drug-likeness (QED) is 0.762. The molecule has 7 heteroatoms. The van der Waals surface area contributed by atoms with E-state index in [1.165, 1.54) is 12.1 Å². The number of aryl methyl sites for hydroxylation is 1. The minimum Gasteiger partial charge on any atom is -0.497 e. The molecule has 138 valence electrons. The second-order valence-corrected chi connectivity index (χ2v) is 8.31. The molecule has 0 spiro atoms. The van der Waals surface area contributed by atoms with E-state index < -0.39 is 15.7 Å². The fourth-order valence-corrected chi connectivity index (χ4v) is 3.45. The SMILES string of the molecule is COc1ccc2c(c1)OC(C)(C)CC2=NOS(=O)(=O)c1ccc(C)cc1. The van der Waals surface area contributed by atoms with Gasteiger partial charge in [-0.3, -0.25) is 4.28 Å². The van der Waals surface area contributed by atoms with E-state index in [-0.39, 0.29) is 4.90 Å². The van der Waals surface area contributed by atoms with Crippen LogP contribution in [-0.2, 0) is 14.4 Å². The first-order valence-corrected chi connectivity index (χ1v) is 9.56. The number of oxime groups is 1. The Morgan fingerprint density at radius 1 is 1.12 bits per heavy atom. The van der Waals surface area contributed by atoms with Crippen LogP contribution >= 0.6 is 0 Å². The summed E-state index contributed by atoms with van der Waals surface area (Å²) in [6, 6.07) is 11.7. The van der Waals surface area contributed by atoms with Gasteiger partial charge in [0, 0.05) is 18.1 Å². The summed E-state index contributed by atoms with van der Waals surface area (Å²) in [6.07, 6.45) is 0.412. The summed E-state index contributed by atoms with van der Waals surface area (Å²) in [7, 11) is -2.41. The van der Waals surface area contributed by atoms with E-state index in [1.54, 1.807) is 37.4 Å². The zero-order valence-corrected chi connectivity index (χ0v) is 16.0. The number of methoxy groups -OCH3 is 1. The lowest BCUT2D eigenvalue weighted by Crippen LogP contribution is -2.36. The third-order valence-corrected chi connectivity index (χ3v) is 5.15. The number of fused-ring (bicyclic) bond motifs is 1. The molecule has 6 nitrogen and oxygen atoms in total. The van der Waals surface area contributed by atoms with Gasteiger partial charge in [-0.15, -0.1) is 0 Å². The minimum absolute atomic E-state index is 0.0636. The molecule has 2 aromatic carbocycles. The molecule has 0 fully saturated rings. The molecule has 0 unspecified atom stereocenters. The predicted octanol–water partition coefficient (Wildman–Crippen LogP) is 3.67. The first-order chi connectivity index (χ1) is 12.2. The Hall–Kier alpha value is -2.54. The molecule has 0 bridgehead atoms. The van der Waals surface area contributed by atoms with Crippen molar-refractivity contribution in [2.24, 2.45) is 5.16 Å². The maximum atomic E-state index is 12.4. The van der Waals surface area contributed by atoms with Gasteiger partial charge >= 0.3 is 10.1 Å². The van der Waals surface area contributed by atoms with Crippen molar-refractivity contribution in [2.75, 3.05) is 7.11 Å². The molecule has 3 rings (SSSR count). The Morgan fingerprint density at radius 2 is 1.81 bits per heavy atom. The molecule has 0 aromatic heterocycles. The standard InChI is InChI=1S/C19H21NO5S/c1-13-5-8-15(9-6-13)26(21,22)25-20-17-12-19(2,3)24-18-11-14(23-4)7-10-16(17)18/h5-11H,12H2,1-4H3. The summed E-state index contributed by atoms with van der Waals surface area (Å²) in [5, 5.41) is 3.95. The zero-order valence-electron chi connectivity index (χ0n) is 15.1. The van der Waals surface area contributed by atoms with Gasteiger partial charge in [0.25, 0.3) is 0 Å². The molecule has 0 amide bonds. The van der Waals surface area contributed by atoms with Crippen molar-refractivity contribution < 1.29 is 22.2 Å². The van der Waals surface area contributed by atoms with Crippen LogP contribution in [0.1, 0.15) is 31.4 Å². The smallest absolute Gasteiger partial charge is 0.358 e. The summed E-state index contributed by atoms with van der Waals surface area (Å²) in [6.45, 7) is 5.69.